The zero-order valence-corrected chi connectivity index (χ0v) is 15.4. The third-order valence-electron chi connectivity index (χ3n) is 4.25. The summed E-state index contributed by atoms with van der Waals surface area (Å²) >= 11 is 0. The number of hydrogen-bond acceptors (Lipinski definition) is 5. The summed E-state index contributed by atoms with van der Waals surface area (Å²) in [7, 11) is 2.47. The molecule has 1 N–H and O–H groups in total. The van der Waals surface area contributed by atoms with Crippen LogP contribution in [0.15, 0.2) is 23.1 Å². The van der Waals surface area contributed by atoms with Gasteiger partial charge >= 0.3 is 0 Å². The minimum atomic E-state index is -3.70. The van der Waals surface area contributed by atoms with Crippen LogP contribution in [0.3, 0.4) is 0 Å². The SMILES string of the molecule is CNCC1CCCN1C(=O)c1ccc(OC)c(S(=O)(=O)N(C)C)c1. The molecule has 0 spiro atoms. The lowest BCUT2D eigenvalue weighted by Crippen LogP contribution is -2.40. The van der Waals surface area contributed by atoms with E-state index in [9.17, 15) is 13.2 Å². The van der Waals surface area contributed by atoms with Crippen LogP contribution in [0, 0.1) is 0 Å². The molecule has 134 valence electrons. The van der Waals surface area contributed by atoms with E-state index < -0.39 is 10.0 Å². The zero-order chi connectivity index (χ0) is 17.9. The van der Waals surface area contributed by atoms with Crippen molar-refractivity contribution >= 4 is 15.9 Å². The lowest BCUT2D eigenvalue weighted by Gasteiger charge is -2.25. The highest BCUT2D eigenvalue weighted by Crippen LogP contribution is 2.28. The lowest BCUT2D eigenvalue weighted by atomic mass is 10.1. The molecule has 2 rings (SSSR count). The van der Waals surface area contributed by atoms with Crippen LogP contribution in [0.5, 0.6) is 5.75 Å². The molecule has 1 fully saturated rings. The molecule has 0 radical (unpaired) electrons. The predicted molar refractivity (Wildman–Crippen MR) is 91.9 cm³/mol. The van der Waals surface area contributed by atoms with Gasteiger partial charge in [0.15, 0.2) is 0 Å². The minimum Gasteiger partial charge on any atom is -0.495 e. The van der Waals surface area contributed by atoms with Crippen molar-refractivity contribution in [2.75, 3.05) is 41.3 Å². The summed E-state index contributed by atoms with van der Waals surface area (Å²) in [6, 6.07) is 4.70. The molecule has 1 heterocycles. The second kappa shape index (κ2) is 7.50. The van der Waals surface area contributed by atoms with Crippen molar-refractivity contribution in [1.82, 2.24) is 14.5 Å². The summed E-state index contributed by atoms with van der Waals surface area (Å²) in [5.41, 5.74) is 0.360. The molecule has 8 heteroatoms. The van der Waals surface area contributed by atoms with Gasteiger partial charge in [-0.05, 0) is 38.1 Å². The molecule has 0 bridgehead atoms. The van der Waals surface area contributed by atoms with Gasteiger partial charge < -0.3 is 15.0 Å². The zero-order valence-electron chi connectivity index (χ0n) is 14.6. The number of amides is 1. The fourth-order valence-electron chi connectivity index (χ4n) is 2.92. The molecule has 1 atom stereocenters. The van der Waals surface area contributed by atoms with E-state index in [-0.39, 0.29) is 22.6 Å². The summed E-state index contributed by atoms with van der Waals surface area (Å²) in [6.07, 6.45) is 1.91. The van der Waals surface area contributed by atoms with Crippen molar-refractivity contribution in [2.45, 2.75) is 23.8 Å². The van der Waals surface area contributed by atoms with Gasteiger partial charge in [-0.3, -0.25) is 4.79 Å². The van der Waals surface area contributed by atoms with E-state index in [1.54, 1.807) is 6.07 Å². The van der Waals surface area contributed by atoms with Gasteiger partial charge in [-0.25, -0.2) is 12.7 Å². The second-order valence-electron chi connectivity index (χ2n) is 6.01. The van der Waals surface area contributed by atoms with Gasteiger partial charge in [-0.1, -0.05) is 0 Å². The Morgan fingerprint density at radius 1 is 1.42 bits per heavy atom. The van der Waals surface area contributed by atoms with Crippen molar-refractivity contribution in [1.29, 1.82) is 0 Å². The molecule has 0 aromatic heterocycles. The second-order valence-corrected chi connectivity index (χ2v) is 8.13. The molecular weight excluding hydrogens is 330 g/mol. The predicted octanol–water partition coefficient (Wildman–Crippen LogP) is 0.770. The Morgan fingerprint density at radius 3 is 2.71 bits per heavy atom. The monoisotopic (exact) mass is 355 g/mol. The van der Waals surface area contributed by atoms with Crippen molar-refractivity contribution in [3.8, 4) is 5.75 Å². The maximum Gasteiger partial charge on any atom is 0.254 e. The van der Waals surface area contributed by atoms with Crippen molar-refractivity contribution in [3.63, 3.8) is 0 Å². The smallest absolute Gasteiger partial charge is 0.254 e. The number of carbonyl (C=O) groups is 1. The first kappa shape index (κ1) is 18.7. The maximum absolute atomic E-state index is 12.8. The molecule has 0 aliphatic carbocycles. The highest BCUT2D eigenvalue weighted by atomic mass is 32.2. The minimum absolute atomic E-state index is 0.00483. The molecule has 1 aliphatic heterocycles. The van der Waals surface area contributed by atoms with Gasteiger partial charge in [-0.15, -0.1) is 0 Å². The van der Waals surface area contributed by atoms with E-state index >= 15 is 0 Å². The van der Waals surface area contributed by atoms with Gasteiger partial charge in [0.25, 0.3) is 5.91 Å². The molecule has 1 unspecified atom stereocenters. The molecule has 1 saturated heterocycles. The Morgan fingerprint density at radius 2 is 2.12 bits per heavy atom. The highest BCUT2D eigenvalue weighted by molar-refractivity contribution is 7.89. The molecule has 0 saturated carbocycles. The van der Waals surface area contributed by atoms with Gasteiger partial charge in [0.05, 0.1) is 7.11 Å². The van der Waals surface area contributed by atoms with Crippen LogP contribution < -0.4 is 10.1 Å². The molecule has 24 heavy (non-hydrogen) atoms. The average molecular weight is 355 g/mol. The fourth-order valence-corrected chi connectivity index (χ4v) is 4.00. The van der Waals surface area contributed by atoms with E-state index in [0.717, 1.165) is 23.7 Å². The summed E-state index contributed by atoms with van der Waals surface area (Å²) < 4.78 is 31.2. The fraction of sp³-hybridized carbons (Fsp3) is 0.562. The summed E-state index contributed by atoms with van der Waals surface area (Å²) in [6.45, 7) is 1.41. The Hall–Kier alpha value is -1.64. The third-order valence-corrected chi connectivity index (χ3v) is 6.08. The Bertz CT molecular complexity index is 703. The molecule has 7 nitrogen and oxygen atoms in total. The van der Waals surface area contributed by atoms with E-state index in [0.29, 0.717) is 12.1 Å². The number of nitrogens with zero attached hydrogens (tertiary/aromatic N) is 2. The van der Waals surface area contributed by atoms with E-state index in [1.165, 1.54) is 33.3 Å². The number of benzene rings is 1. The number of ether oxygens (including phenoxy) is 1. The number of sulfonamides is 1. The first-order valence-electron chi connectivity index (χ1n) is 7.89. The normalized spacial score (nSPS) is 18.2. The number of likely N-dealkylation sites (tertiary alicyclic amines) is 1. The molecule has 1 aromatic rings. The Balaban J connectivity index is 2.40. The molecule has 1 aromatic carbocycles. The van der Waals surface area contributed by atoms with Crippen LogP contribution in [0.25, 0.3) is 0 Å². The number of carbonyl (C=O) groups excluding carboxylic acids is 1. The standard InChI is InChI=1S/C16H25N3O4S/c1-17-11-13-6-5-9-19(13)16(20)12-7-8-14(23-4)15(10-12)24(21,22)18(2)3/h7-8,10,13,17H,5-6,9,11H2,1-4H3. The van der Waals surface area contributed by atoms with Gasteiger partial charge in [0, 0.05) is 38.8 Å². The first-order chi connectivity index (χ1) is 11.3. The van der Waals surface area contributed by atoms with Crippen LogP contribution in [-0.4, -0.2) is 70.9 Å². The largest absolute Gasteiger partial charge is 0.495 e. The first-order valence-corrected chi connectivity index (χ1v) is 9.33. The maximum atomic E-state index is 12.8. The van der Waals surface area contributed by atoms with Crippen LogP contribution in [0.1, 0.15) is 23.2 Å². The number of hydrogen-bond donors (Lipinski definition) is 1. The van der Waals surface area contributed by atoms with Gasteiger partial charge in [-0.2, -0.15) is 0 Å². The topological polar surface area (TPSA) is 79.0 Å². The van der Waals surface area contributed by atoms with E-state index in [4.69, 9.17) is 4.74 Å². The van der Waals surface area contributed by atoms with Gasteiger partial charge in [0.1, 0.15) is 10.6 Å². The molecule has 1 amide bonds. The van der Waals surface area contributed by atoms with E-state index in [1.807, 2.05) is 11.9 Å². The van der Waals surface area contributed by atoms with Crippen LogP contribution in [-0.2, 0) is 10.0 Å². The number of rotatable bonds is 6. The highest BCUT2D eigenvalue weighted by Gasteiger charge is 2.30. The van der Waals surface area contributed by atoms with Crippen molar-refractivity contribution in [3.05, 3.63) is 23.8 Å². The number of likely N-dealkylation sites (N-methyl/N-ethyl adjacent to an activating group) is 1. The Kier molecular flexibility index (Phi) is 5.84. The summed E-state index contributed by atoms with van der Waals surface area (Å²) in [4.78, 5) is 14.6. The molecular formula is C16H25N3O4S. The van der Waals surface area contributed by atoms with Gasteiger partial charge in [0.2, 0.25) is 10.0 Å². The quantitative estimate of drug-likeness (QED) is 0.815. The Labute approximate surface area is 143 Å². The summed E-state index contributed by atoms with van der Waals surface area (Å²) in [5.74, 6) is 0.0825. The van der Waals surface area contributed by atoms with Crippen LogP contribution >= 0.6 is 0 Å². The van der Waals surface area contributed by atoms with Crippen molar-refractivity contribution < 1.29 is 17.9 Å². The van der Waals surface area contributed by atoms with Crippen LogP contribution in [0.2, 0.25) is 0 Å². The van der Waals surface area contributed by atoms with Crippen LogP contribution in [0.4, 0.5) is 0 Å². The molecule has 1 aliphatic rings. The third kappa shape index (κ3) is 3.55. The van der Waals surface area contributed by atoms with Crippen molar-refractivity contribution in [2.24, 2.45) is 0 Å². The van der Waals surface area contributed by atoms with E-state index in [2.05, 4.69) is 5.32 Å². The number of methoxy groups -OCH3 is 1. The number of nitrogens with one attached hydrogen (secondary N) is 1. The average Bonchev–Trinajstić information content (AvgIpc) is 3.02. The lowest BCUT2D eigenvalue weighted by molar-refractivity contribution is 0.0736. The summed E-state index contributed by atoms with van der Waals surface area (Å²) in [5, 5.41) is 3.10.